The molecule has 1 aliphatic heterocycles. The highest BCUT2D eigenvalue weighted by atomic mass is 32.1. The summed E-state index contributed by atoms with van der Waals surface area (Å²) >= 11 is 1.59. The van der Waals surface area contributed by atoms with Crippen molar-refractivity contribution >= 4 is 23.2 Å². The molecule has 3 rings (SSSR count). The third-order valence-electron chi connectivity index (χ3n) is 4.14. The Morgan fingerprint density at radius 1 is 1.35 bits per heavy atom. The predicted molar refractivity (Wildman–Crippen MR) is 87.9 cm³/mol. The van der Waals surface area contributed by atoms with Crippen molar-refractivity contribution in [3.8, 4) is 0 Å². The first-order valence-corrected chi connectivity index (χ1v) is 8.45. The van der Waals surface area contributed by atoms with Crippen molar-refractivity contribution in [3.05, 3.63) is 51.0 Å². The van der Waals surface area contributed by atoms with Gasteiger partial charge in [-0.2, -0.15) is 0 Å². The SMILES string of the molecule is Cc1nc2c(cc1C(=O)O)CCN(C(=O)Cc1cccs1)CC2. The van der Waals surface area contributed by atoms with Crippen LogP contribution in [0.1, 0.15) is 32.2 Å². The van der Waals surface area contributed by atoms with Gasteiger partial charge in [0.05, 0.1) is 17.7 Å². The van der Waals surface area contributed by atoms with E-state index in [4.69, 9.17) is 0 Å². The second-order valence-electron chi connectivity index (χ2n) is 5.67. The van der Waals surface area contributed by atoms with Gasteiger partial charge in [0.2, 0.25) is 5.91 Å². The highest BCUT2D eigenvalue weighted by molar-refractivity contribution is 7.10. The fourth-order valence-electron chi connectivity index (χ4n) is 2.88. The minimum Gasteiger partial charge on any atom is -0.478 e. The van der Waals surface area contributed by atoms with Crippen molar-refractivity contribution in [2.45, 2.75) is 26.2 Å². The Morgan fingerprint density at radius 3 is 2.83 bits per heavy atom. The van der Waals surface area contributed by atoms with Crippen LogP contribution in [-0.4, -0.2) is 40.0 Å². The summed E-state index contributed by atoms with van der Waals surface area (Å²) in [7, 11) is 0. The van der Waals surface area contributed by atoms with Crippen LogP contribution in [0, 0.1) is 6.92 Å². The quantitative estimate of drug-likeness (QED) is 0.937. The van der Waals surface area contributed by atoms with Crippen molar-refractivity contribution < 1.29 is 14.7 Å². The molecule has 0 spiro atoms. The van der Waals surface area contributed by atoms with E-state index in [2.05, 4.69) is 4.98 Å². The number of thiophene rings is 1. The second-order valence-corrected chi connectivity index (χ2v) is 6.70. The minimum atomic E-state index is -0.951. The molecule has 2 aromatic rings. The van der Waals surface area contributed by atoms with Gasteiger partial charge >= 0.3 is 5.97 Å². The number of pyridine rings is 1. The summed E-state index contributed by atoms with van der Waals surface area (Å²) in [5, 5.41) is 11.2. The van der Waals surface area contributed by atoms with Gasteiger partial charge in [0, 0.05) is 30.1 Å². The maximum absolute atomic E-state index is 12.4. The highest BCUT2D eigenvalue weighted by Gasteiger charge is 2.21. The van der Waals surface area contributed by atoms with Crippen LogP contribution in [0.4, 0.5) is 0 Å². The zero-order chi connectivity index (χ0) is 16.4. The maximum atomic E-state index is 12.4. The lowest BCUT2D eigenvalue weighted by molar-refractivity contribution is -0.130. The molecule has 0 aromatic carbocycles. The van der Waals surface area contributed by atoms with Crippen LogP contribution in [0.3, 0.4) is 0 Å². The molecule has 3 heterocycles. The number of hydrogen-bond donors (Lipinski definition) is 1. The molecule has 1 aliphatic rings. The Labute approximate surface area is 138 Å². The van der Waals surface area contributed by atoms with Gasteiger partial charge in [-0.3, -0.25) is 9.78 Å². The molecular weight excluding hydrogens is 312 g/mol. The Kier molecular flexibility index (Phi) is 4.43. The predicted octanol–water partition coefficient (Wildman–Crippen LogP) is 2.32. The van der Waals surface area contributed by atoms with Crippen molar-refractivity contribution in [3.63, 3.8) is 0 Å². The lowest BCUT2D eigenvalue weighted by Crippen LogP contribution is -2.34. The number of carboxylic acid groups (broad SMARTS) is 1. The Balaban J connectivity index is 1.74. The van der Waals surface area contributed by atoms with Gasteiger partial charge in [-0.05, 0) is 36.4 Å². The zero-order valence-electron chi connectivity index (χ0n) is 12.9. The summed E-state index contributed by atoms with van der Waals surface area (Å²) in [5.41, 5.74) is 2.65. The molecule has 0 bridgehead atoms. The molecule has 120 valence electrons. The van der Waals surface area contributed by atoms with E-state index in [1.807, 2.05) is 22.4 Å². The summed E-state index contributed by atoms with van der Waals surface area (Å²) in [6.45, 7) is 2.96. The van der Waals surface area contributed by atoms with Gasteiger partial charge in [0.25, 0.3) is 0 Å². The van der Waals surface area contributed by atoms with E-state index < -0.39 is 5.97 Å². The van der Waals surface area contributed by atoms with E-state index >= 15 is 0 Å². The third kappa shape index (κ3) is 3.42. The largest absolute Gasteiger partial charge is 0.478 e. The average molecular weight is 330 g/mol. The third-order valence-corrected chi connectivity index (χ3v) is 5.02. The topological polar surface area (TPSA) is 70.5 Å². The monoisotopic (exact) mass is 330 g/mol. The van der Waals surface area contributed by atoms with Gasteiger partial charge in [-0.1, -0.05) is 6.07 Å². The van der Waals surface area contributed by atoms with E-state index in [1.165, 1.54) is 0 Å². The number of aryl methyl sites for hydroxylation is 1. The van der Waals surface area contributed by atoms with E-state index in [1.54, 1.807) is 24.3 Å². The molecule has 0 unspecified atom stereocenters. The lowest BCUT2D eigenvalue weighted by Gasteiger charge is -2.19. The first kappa shape index (κ1) is 15.7. The number of hydrogen-bond acceptors (Lipinski definition) is 4. The number of amides is 1. The van der Waals surface area contributed by atoms with Crippen molar-refractivity contribution in [2.75, 3.05) is 13.1 Å². The van der Waals surface area contributed by atoms with Crippen LogP contribution in [0.5, 0.6) is 0 Å². The van der Waals surface area contributed by atoms with Gasteiger partial charge < -0.3 is 10.0 Å². The van der Waals surface area contributed by atoms with E-state index in [-0.39, 0.29) is 11.5 Å². The lowest BCUT2D eigenvalue weighted by atomic mass is 10.0. The van der Waals surface area contributed by atoms with Gasteiger partial charge in [-0.25, -0.2) is 4.79 Å². The molecule has 0 atom stereocenters. The Hall–Kier alpha value is -2.21. The maximum Gasteiger partial charge on any atom is 0.337 e. The summed E-state index contributed by atoms with van der Waals surface area (Å²) in [6.07, 6.45) is 1.76. The molecule has 6 heteroatoms. The molecule has 0 aliphatic carbocycles. The standard InChI is InChI=1S/C17H18N2O3S/c1-11-14(17(21)22)9-12-4-6-19(7-5-15(12)18-11)16(20)10-13-3-2-8-23-13/h2-3,8-9H,4-7,10H2,1H3,(H,21,22). The minimum absolute atomic E-state index is 0.121. The average Bonchev–Trinajstić information content (AvgIpc) is 2.92. The number of nitrogens with zero attached hydrogens (tertiary/aromatic N) is 2. The fraction of sp³-hybridized carbons (Fsp3) is 0.353. The molecule has 0 radical (unpaired) electrons. The number of fused-ring (bicyclic) bond motifs is 1. The normalized spacial score (nSPS) is 14.2. The van der Waals surface area contributed by atoms with E-state index in [9.17, 15) is 14.7 Å². The summed E-state index contributed by atoms with van der Waals surface area (Å²) < 4.78 is 0. The second kappa shape index (κ2) is 6.50. The van der Waals surface area contributed by atoms with Gasteiger partial charge in [0.1, 0.15) is 0 Å². The van der Waals surface area contributed by atoms with Crippen LogP contribution in [0.15, 0.2) is 23.6 Å². The number of aromatic nitrogens is 1. The number of rotatable bonds is 3. The van der Waals surface area contributed by atoms with Gasteiger partial charge in [0.15, 0.2) is 0 Å². The molecule has 1 amide bonds. The van der Waals surface area contributed by atoms with Crippen molar-refractivity contribution in [2.24, 2.45) is 0 Å². The number of carboxylic acids is 1. The highest BCUT2D eigenvalue weighted by Crippen LogP contribution is 2.19. The summed E-state index contributed by atoms with van der Waals surface area (Å²) in [4.78, 5) is 31.0. The molecule has 23 heavy (non-hydrogen) atoms. The van der Waals surface area contributed by atoms with Crippen LogP contribution in [0.2, 0.25) is 0 Å². The number of aromatic carboxylic acids is 1. The summed E-state index contributed by atoms with van der Waals surface area (Å²) in [6, 6.07) is 5.64. The van der Waals surface area contributed by atoms with Crippen LogP contribution >= 0.6 is 11.3 Å². The summed E-state index contributed by atoms with van der Waals surface area (Å²) in [5.74, 6) is -0.830. The molecule has 2 aromatic heterocycles. The molecule has 0 fully saturated rings. The Bertz CT molecular complexity index is 741. The number of carbonyl (C=O) groups excluding carboxylic acids is 1. The molecular formula is C17H18N2O3S. The van der Waals surface area contributed by atoms with E-state index in [0.29, 0.717) is 38.0 Å². The molecule has 5 nitrogen and oxygen atoms in total. The first-order valence-electron chi connectivity index (χ1n) is 7.57. The first-order chi connectivity index (χ1) is 11.0. The van der Waals surface area contributed by atoms with Crippen molar-refractivity contribution in [1.82, 2.24) is 9.88 Å². The Morgan fingerprint density at radius 2 is 2.13 bits per heavy atom. The van der Waals surface area contributed by atoms with Gasteiger partial charge in [-0.15, -0.1) is 11.3 Å². The number of carbonyl (C=O) groups is 2. The smallest absolute Gasteiger partial charge is 0.337 e. The van der Waals surface area contributed by atoms with E-state index in [0.717, 1.165) is 16.1 Å². The van der Waals surface area contributed by atoms with Crippen molar-refractivity contribution in [1.29, 1.82) is 0 Å². The van der Waals surface area contributed by atoms with Crippen LogP contribution in [0.25, 0.3) is 0 Å². The fourth-order valence-corrected chi connectivity index (χ4v) is 3.57. The molecule has 1 N–H and O–H groups in total. The molecule has 0 saturated heterocycles. The van der Waals surface area contributed by atoms with Crippen LogP contribution in [-0.2, 0) is 24.1 Å². The van der Waals surface area contributed by atoms with Crippen LogP contribution < -0.4 is 0 Å². The zero-order valence-corrected chi connectivity index (χ0v) is 13.7. The molecule has 0 saturated carbocycles.